The largest absolute Gasteiger partial charge is 0.344 e. The number of anilines is 1. The van der Waals surface area contributed by atoms with Crippen LogP contribution in [0.15, 0.2) is 59.4 Å². The number of sulfonamides is 1. The van der Waals surface area contributed by atoms with Crippen molar-refractivity contribution in [2.75, 3.05) is 11.0 Å². The van der Waals surface area contributed by atoms with Gasteiger partial charge >= 0.3 is 0 Å². The molecule has 55 heavy (non-hydrogen) atoms. The highest BCUT2D eigenvalue weighted by atomic mass is 35.5. The molecule has 3 aromatic heterocycles. The lowest BCUT2D eigenvalue weighted by Gasteiger charge is -2.24. The molecule has 1 amide bonds. The third-order valence-electron chi connectivity index (χ3n) is 9.71. The quantitative estimate of drug-likeness (QED) is 0.161. The van der Waals surface area contributed by atoms with Crippen molar-refractivity contribution in [3.05, 3.63) is 110 Å². The predicted octanol–water partition coefficient (Wildman–Crippen LogP) is 6.02. The zero-order chi connectivity index (χ0) is 39.3. The fourth-order valence-electron chi connectivity index (χ4n) is 7.53. The lowest BCUT2D eigenvalue weighted by Crippen LogP contribution is -2.38. The molecular formula is C35H27ClF6N8O4S. The fraction of sp³-hybridized carbons (Fsp3) is 0.286. The van der Waals surface area contributed by atoms with Gasteiger partial charge in [-0.25, -0.2) is 31.0 Å². The van der Waals surface area contributed by atoms with Crippen LogP contribution in [0.4, 0.5) is 32.2 Å². The molecule has 2 N–H and O–H groups in total. The summed E-state index contributed by atoms with van der Waals surface area (Å²) in [5.41, 5.74) is -2.27. The van der Waals surface area contributed by atoms with Crippen LogP contribution in [0.5, 0.6) is 0 Å². The number of nitrogens with one attached hydrogen (secondary N) is 2. The lowest BCUT2D eigenvalue weighted by molar-refractivity contribution is -0.123. The molecule has 0 unspecified atom stereocenters. The van der Waals surface area contributed by atoms with Crippen LogP contribution in [0.25, 0.3) is 27.5 Å². The second-order valence-corrected chi connectivity index (χ2v) is 15.7. The van der Waals surface area contributed by atoms with Crippen molar-refractivity contribution in [1.82, 2.24) is 34.4 Å². The summed E-state index contributed by atoms with van der Waals surface area (Å²) in [6.45, 7) is -0.955. The van der Waals surface area contributed by atoms with Gasteiger partial charge in [0, 0.05) is 31.0 Å². The van der Waals surface area contributed by atoms with E-state index in [4.69, 9.17) is 16.6 Å². The van der Waals surface area contributed by atoms with Crippen molar-refractivity contribution < 1.29 is 39.6 Å². The molecule has 0 spiro atoms. The van der Waals surface area contributed by atoms with E-state index >= 15 is 8.78 Å². The Morgan fingerprint density at radius 3 is 2.47 bits per heavy atom. The van der Waals surface area contributed by atoms with Gasteiger partial charge in [-0.1, -0.05) is 23.7 Å². The number of carbonyl (C=O) groups excluding carboxylic acids is 1. The molecule has 286 valence electrons. The molecule has 3 atom stereocenters. The number of aryl methyl sites for hydroxylation is 1. The Hall–Kier alpha value is -5.43. The SMILES string of the molecule is Cn1nc(NS(C)(=O)=O)c2c(Cl)ccc(-n3c([C@H](Cc4cc(F)cc(F)c4)NC(=O)Cn4nc(C(F)F)c5c4C(F)(F)[C@@H]4C[C@H]54)nc4ccccc4c3=O)c21. The number of rotatable bonds is 10. The van der Waals surface area contributed by atoms with Gasteiger partial charge < -0.3 is 5.32 Å². The maximum Gasteiger partial charge on any atom is 0.293 e. The minimum Gasteiger partial charge on any atom is -0.344 e. The molecular weight excluding hydrogens is 778 g/mol. The number of hydrogen-bond donors (Lipinski definition) is 2. The average Bonchev–Trinajstić information content (AvgIpc) is 3.63. The first-order chi connectivity index (χ1) is 25.9. The zero-order valence-corrected chi connectivity index (χ0v) is 30.1. The molecule has 3 heterocycles. The van der Waals surface area contributed by atoms with E-state index in [1.807, 2.05) is 0 Å². The topological polar surface area (TPSA) is 146 Å². The highest BCUT2D eigenvalue weighted by Gasteiger charge is 2.67. The second-order valence-electron chi connectivity index (χ2n) is 13.5. The molecule has 0 radical (unpaired) electrons. The summed E-state index contributed by atoms with van der Waals surface area (Å²) < 4.78 is 117. The summed E-state index contributed by atoms with van der Waals surface area (Å²) in [4.78, 5) is 33.1. The van der Waals surface area contributed by atoms with E-state index in [0.29, 0.717) is 10.7 Å². The molecule has 3 aromatic carbocycles. The Balaban J connectivity index is 1.31. The first-order valence-corrected chi connectivity index (χ1v) is 18.9. The van der Waals surface area contributed by atoms with Crippen LogP contribution in [0.3, 0.4) is 0 Å². The van der Waals surface area contributed by atoms with Gasteiger partial charge in [-0.15, -0.1) is 0 Å². The Bertz CT molecular complexity index is 2750. The standard InChI is InChI=1S/C35H27ClF6N8O4S/c1-48-29-24(8-7-21(36)27(29)32(46-48)47-55(2,53)54)50-33(44-22-6-4-3-5-18(22)34(50)52)23(11-15-9-16(37)12-17(38)10-15)43-25(51)14-49-30-26(28(45-49)31(39)40)19-13-20(19)35(30,41)42/h3-10,12,19-20,23,31H,11,13-14H2,1-2H3,(H,43,51)(H,46,47)/t19-,20+,23-/m0/s1. The van der Waals surface area contributed by atoms with Crippen molar-refractivity contribution >= 4 is 55.2 Å². The first-order valence-electron chi connectivity index (χ1n) is 16.6. The number of halogens is 7. The van der Waals surface area contributed by atoms with Gasteiger partial charge in [0.15, 0.2) is 5.82 Å². The molecule has 2 aliphatic carbocycles. The van der Waals surface area contributed by atoms with Crippen molar-refractivity contribution in [3.63, 3.8) is 0 Å². The number of amides is 1. The number of nitrogens with zero attached hydrogens (tertiary/aromatic N) is 6. The van der Waals surface area contributed by atoms with Gasteiger partial charge in [0.25, 0.3) is 17.9 Å². The summed E-state index contributed by atoms with van der Waals surface area (Å²) in [7, 11) is -2.42. The number of aromatic nitrogens is 6. The minimum absolute atomic E-state index is 0.00941. The van der Waals surface area contributed by atoms with E-state index in [2.05, 4.69) is 20.2 Å². The van der Waals surface area contributed by atoms with Crippen LogP contribution in [-0.4, -0.2) is 49.7 Å². The van der Waals surface area contributed by atoms with Gasteiger partial charge in [0.05, 0.1) is 44.8 Å². The van der Waals surface area contributed by atoms with Crippen molar-refractivity contribution in [2.24, 2.45) is 13.0 Å². The molecule has 1 fully saturated rings. The third-order valence-corrected chi connectivity index (χ3v) is 10.6. The van der Waals surface area contributed by atoms with Crippen LogP contribution < -0.4 is 15.6 Å². The molecule has 12 nitrogen and oxygen atoms in total. The Labute approximate surface area is 311 Å². The van der Waals surface area contributed by atoms with E-state index in [-0.39, 0.29) is 61.7 Å². The van der Waals surface area contributed by atoms with E-state index in [1.54, 1.807) is 12.1 Å². The van der Waals surface area contributed by atoms with Crippen LogP contribution in [0.1, 0.15) is 53.1 Å². The minimum atomic E-state index is -3.87. The van der Waals surface area contributed by atoms with Crippen LogP contribution in [-0.2, 0) is 40.8 Å². The normalized spacial score (nSPS) is 17.8. The Morgan fingerprint density at radius 1 is 1.07 bits per heavy atom. The van der Waals surface area contributed by atoms with E-state index in [9.17, 15) is 35.6 Å². The van der Waals surface area contributed by atoms with Crippen molar-refractivity contribution in [3.8, 4) is 5.69 Å². The third kappa shape index (κ3) is 6.27. The number of fused-ring (bicyclic) bond motifs is 5. The summed E-state index contributed by atoms with van der Waals surface area (Å²) in [5, 5.41) is 10.8. The van der Waals surface area contributed by atoms with E-state index in [1.165, 1.54) is 36.0 Å². The first kappa shape index (κ1) is 36.5. The molecule has 0 bridgehead atoms. The summed E-state index contributed by atoms with van der Waals surface area (Å²) in [6, 6.07) is 10.1. The summed E-state index contributed by atoms with van der Waals surface area (Å²) in [6.07, 6.45) is -2.69. The number of benzene rings is 3. The van der Waals surface area contributed by atoms with Crippen molar-refractivity contribution in [2.45, 2.75) is 43.7 Å². The van der Waals surface area contributed by atoms with Gasteiger partial charge in [-0.05, 0) is 54.3 Å². The summed E-state index contributed by atoms with van der Waals surface area (Å²) in [5.74, 6) is -8.85. The van der Waals surface area contributed by atoms with Gasteiger partial charge in [-0.3, -0.25) is 28.2 Å². The lowest BCUT2D eigenvalue weighted by atomic mass is 10.0. The molecule has 0 saturated heterocycles. The number of alkyl halides is 4. The summed E-state index contributed by atoms with van der Waals surface area (Å²) >= 11 is 6.55. The van der Waals surface area contributed by atoms with Crippen LogP contribution in [0, 0.1) is 17.6 Å². The molecule has 0 aliphatic heterocycles. The monoisotopic (exact) mass is 804 g/mol. The molecule has 1 saturated carbocycles. The Kier molecular flexibility index (Phi) is 8.52. The average molecular weight is 805 g/mol. The number of hydrogen-bond acceptors (Lipinski definition) is 7. The number of carbonyl (C=O) groups is 1. The predicted molar refractivity (Wildman–Crippen MR) is 188 cm³/mol. The second kappa shape index (κ2) is 12.8. The molecule has 8 rings (SSSR count). The zero-order valence-electron chi connectivity index (χ0n) is 28.5. The molecule has 6 aromatic rings. The maximum absolute atomic E-state index is 15.4. The van der Waals surface area contributed by atoms with E-state index in [0.717, 1.165) is 23.0 Å². The number of para-hydroxylation sites is 1. The Morgan fingerprint density at radius 2 is 1.78 bits per heavy atom. The van der Waals surface area contributed by atoms with Gasteiger partial charge in [-0.2, -0.15) is 19.0 Å². The van der Waals surface area contributed by atoms with Gasteiger partial charge in [0.2, 0.25) is 15.9 Å². The maximum atomic E-state index is 15.4. The van der Waals surface area contributed by atoms with Crippen LogP contribution in [0.2, 0.25) is 5.02 Å². The van der Waals surface area contributed by atoms with Crippen molar-refractivity contribution in [1.29, 1.82) is 0 Å². The van der Waals surface area contributed by atoms with Gasteiger partial charge in [0.1, 0.15) is 35.4 Å². The fourth-order valence-corrected chi connectivity index (χ4v) is 8.26. The highest BCUT2D eigenvalue weighted by molar-refractivity contribution is 7.92. The van der Waals surface area contributed by atoms with Crippen LogP contribution >= 0.6 is 11.6 Å². The molecule has 20 heteroatoms. The van der Waals surface area contributed by atoms with E-state index < -0.39 is 87.7 Å². The smallest absolute Gasteiger partial charge is 0.293 e. The highest BCUT2D eigenvalue weighted by Crippen LogP contribution is 2.68. The molecule has 2 aliphatic rings.